The van der Waals surface area contributed by atoms with E-state index in [1.165, 1.54) is 0 Å². The summed E-state index contributed by atoms with van der Waals surface area (Å²) in [5.74, 6) is 0. The maximum Gasteiger partial charge on any atom is 0.0479 e. The summed E-state index contributed by atoms with van der Waals surface area (Å²) in [5.41, 5.74) is 15.1. The highest BCUT2D eigenvalue weighted by atomic mass is 35.5. The van der Waals surface area contributed by atoms with Crippen molar-refractivity contribution in [2.24, 2.45) is 5.11 Å². The molecule has 0 atom stereocenters. The summed E-state index contributed by atoms with van der Waals surface area (Å²) in [4.78, 5) is 2.62. The van der Waals surface area contributed by atoms with Crippen LogP contribution in [-0.2, 0) is 0 Å². The van der Waals surface area contributed by atoms with E-state index in [9.17, 15) is 0 Å². The molecule has 0 aliphatic carbocycles. The number of hydrogen-bond acceptors (Lipinski definition) is 2. The van der Waals surface area contributed by atoms with Gasteiger partial charge in [-0.25, -0.2) is 0 Å². The molecule has 2 N–H and O–H groups in total. The zero-order chi connectivity index (χ0) is 10.4. The van der Waals surface area contributed by atoms with Crippen molar-refractivity contribution >= 4 is 23.4 Å². The van der Waals surface area contributed by atoms with E-state index < -0.39 is 0 Å². The van der Waals surface area contributed by atoms with Crippen molar-refractivity contribution in [3.05, 3.63) is 45.3 Å². The molecule has 0 radical (unpaired) electrons. The molecule has 0 spiro atoms. The lowest BCUT2D eigenvalue weighted by molar-refractivity contribution is 1.22. The van der Waals surface area contributed by atoms with Crippen molar-refractivity contribution in [3.8, 4) is 0 Å². The molecule has 1 aromatic rings. The highest BCUT2D eigenvalue weighted by molar-refractivity contribution is 6.32. The predicted molar refractivity (Wildman–Crippen MR) is 58.9 cm³/mol. The van der Waals surface area contributed by atoms with Crippen molar-refractivity contribution < 1.29 is 0 Å². The standard InChI is InChI=1S/C9H9ClN4/c10-9-4-3-8(11)6-7(9)2-1-5-13-14-12/h1-4,6H,5,11H2. The minimum Gasteiger partial charge on any atom is -0.399 e. The zero-order valence-electron chi connectivity index (χ0n) is 7.39. The number of nitrogens with two attached hydrogens (primary N) is 1. The number of hydrogen-bond donors (Lipinski definition) is 1. The van der Waals surface area contributed by atoms with E-state index in [2.05, 4.69) is 10.0 Å². The van der Waals surface area contributed by atoms with Crippen LogP contribution in [0.1, 0.15) is 5.56 Å². The van der Waals surface area contributed by atoms with E-state index >= 15 is 0 Å². The van der Waals surface area contributed by atoms with Crippen molar-refractivity contribution in [2.45, 2.75) is 0 Å². The second kappa shape index (κ2) is 5.17. The number of benzene rings is 1. The van der Waals surface area contributed by atoms with Gasteiger partial charge in [0, 0.05) is 22.2 Å². The molecule has 4 nitrogen and oxygen atoms in total. The molecule has 0 unspecified atom stereocenters. The van der Waals surface area contributed by atoms with E-state index in [0.29, 0.717) is 17.3 Å². The average molecular weight is 209 g/mol. The third-order valence-electron chi connectivity index (χ3n) is 1.57. The van der Waals surface area contributed by atoms with Gasteiger partial charge >= 0.3 is 0 Å². The lowest BCUT2D eigenvalue weighted by Crippen LogP contribution is -1.85. The van der Waals surface area contributed by atoms with E-state index in [-0.39, 0.29) is 0 Å². The van der Waals surface area contributed by atoms with Crippen molar-refractivity contribution in [1.82, 2.24) is 0 Å². The number of azide groups is 1. The maximum atomic E-state index is 8.04. The smallest absolute Gasteiger partial charge is 0.0479 e. The second-order valence-electron chi connectivity index (χ2n) is 2.60. The van der Waals surface area contributed by atoms with Crippen LogP contribution in [0, 0.1) is 0 Å². The molecular formula is C9H9ClN4. The molecule has 0 bridgehead atoms. The number of halogens is 1. The highest BCUT2D eigenvalue weighted by Crippen LogP contribution is 2.19. The van der Waals surface area contributed by atoms with E-state index in [1.54, 1.807) is 30.4 Å². The van der Waals surface area contributed by atoms with Gasteiger partial charge in [0.05, 0.1) is 0 Å². The Hall–Kier alpha value is -1.64. The Kier molecular flexibility index (Phi) is 3.85. The van der Waals surface area contributed by atoms with Crippen LogP contribution in [0.5, 0.6) is 0 Å². The third-order valence-corrected chi connectivity index (χ3v) is 1.91. The molecule has 0 saturated heterocycles. The molecule has 0 fully saturated rings. The Balaban J connectivity index is 2.79. The van der Waals surface area contributed by atoms with Gasteiger partial charge in [0.1, 0.15) is 0 Å². The number of nitrogens with zero attached hydrogens (tertiary/aromatic N) is 3. The van der Waals surface area contributed by atoms with E-state index in [1.807, 2.05) is 0 Å². The Labute approximate surface area is 86.6 Å². The van der Waals surface area contributed by atoms with Crippen LogP contribution < -0.4 is 5.73 Å². The fourth-order valence-corrected chi connectivity index (χ4v) is 1.13. The summed E-state index contributed by atoms with van der Waals surface area (Å²) in [5, 5.41) is 3.98. The largest absolute Gasteiger partial charge is 0.399 e. The van der Waals surface area contributed by atoms with Crippen LogP contribution >= 0.6 is 11.6 Å². The molecule has 1 aromatic carbocycles. The van der Waals surface area contributed by atoms with Gasteiger partial charge in [-0.1, -0.05) is 28.9 Å². The van der Waals surface area contributed by atoms with Gasteiger partial charge in [-0.15, -0.1) is 0 Å². The number of rotatable bonds is 3. The molecule has 0 aliphatic rings. The highest BCUT2D eigenvalue weighted by Gasteiger charge is 1.95. The van der Waals surface area contributed by atoms with Crippen LogP contribution in [0.15, 0.2) is 29.4 Å². The maximum absolute atomic E-state index is 8.04. The van der Waals surface area contributed by atoms with Crippen molar-refractivity contribution in [1.29, 1.82) is 0 Å². The molecule has 72 valence electrons. The van der Waals surface area contributed by atoms with Crippen LogP contribution in [-0.4, -0.2) is 6.54 Å². The second-order valence-corrected chi connectivity index (χ2v) is 3.00. The molecule has 1 rings (SSSR count). The van der Waals surface area contributed by atoms with Gasteiger partial charge in [-0.3, -0.25) is 0 Å². The Bertz CT molecular complexity index is 394. The summed E-state index contributed by atoms with van der Waals surface area (Å²) >= 11 is 5.90. The van der Waals surface area contributed by atoms with Gasteiger partial charge in [0.15, 0.2) is 0 Å². The van der Waals surface area contributed by atoms with Crippen LogP contribution in [0.3, 0.4) is 0 Å². The van der Waals surface area contributed by atoms with E-state index in [0.717, 1.165) is 5.56 Å². The van der Waals surface area contributed by atoms with Gasteiger partial charge in [-0.05, 0) is 29.3 Å². The molecule has 14 heavy (non-hydrogen) atoms. The molecule has 5 heteroatoms. The Morgan fingerprint density at radius 3 is 3.07 bits per heavy atom. The first-order valence-electron chi connectivity index (χ1n) is 3.96. The third kappa shape index (κ3) is 3.01. The molecule has 0 amide bonds. The van der Waals surface area contributed by atoms with Crippen LogP contribution in [0.25, 0.3) is 16.5 Å². The Morgan fingerprint density at radius 2 is 2.36 bits per heavy atom. The summed E-state index contributed by atoms with van der Waals surface area (Å²) in [7, 11) is 0. The fourth-order valence-electron chi connectivity index (χ4n) is 0.953. The van der Waals surface area contributed by atoms with Crippen LogP contribution in [0.2, 0.25) is 5.02 Å². The van der Waals surface area contributed by atoms with Gasteiger partial charge < -0.3 is 5.73 Å². The van der Waals surface area contributed by atoms with Crippen molar-refractivity contribution in [3.63, 3.8) is 0 Å². The predicted octanol–water partition coefficient (Wildman–Crippen LogP) is 3.25. The summed E-state index contributed by atoms with van der Waals surface area (Å²) in [6, 6.07) is 5.21. The fraction of sp³-hybridized carbons (Fsp3) is 0.111. The molecule has 0 aromatic heterocycles. The molecule has 0 heterocycles. The molecule has 0 saturated carbocycles. The topological polar surface area (TPSA) is 74.8 Å². The number of nitrogen functional groups attached to an aromatic ring is 1. The van der Waals surface area contributed by atoms with Crippen LogP contribution in [0.4, 0.5) is 5.69 Å². The summed E-state index contributed by atoms with van der Waals surface area (Å²) in [6.45, 7) is 0.307. The van der Waals surface area contributed by atoms with Gasteiger partial charge in [-0.2, -0.15) is 0 Å². The monoisotopic (exact) mass is 208 g/mol. The SMILES string of the molecule is [N-]=[N+]=NCC=Cc1cc(N)ccc1Cl. The first-order chi connectivity index (χ1) is 6.74. The Morgan fingerprint density at radius 1 is 1.57 bits per heavy atom. The molecule has 0 aliphatic heterocycles. The number of anilines is 1. The lowest BCUT2D eigenvalue weighted by Gasteiger charge is -1.98. The normalized spacial score (nSPS) is 10.1. The molecular weight excluding hydrogens is 200 g/mol. The zero-order valence-corrected chi connectivity index (χ0v) is 8.15. The minimum atomic E-state index is 0.307. The average Bonchev–Trinajstić information content (AvgIpc) is 2.18. The van der Waals surface area contributed by atoms with Crippen molar-refractivity contribution in [2.75, 3.05) is 12.3 Å². The first kappa shape index (κ1) is 10.4. The minimum absolute atomic E-state index is 0.307. The van der Waals surface area contributed by atoms with Gasteiger partial charge in [0.25, 0.3) is 0 Å². The summed E-state index contributed by atoms with van der Waals surface area (Å²) < 4.78 is 0. The quantitative estimate of drug-likeness (QED) is 0.352. The first-order valence-corrected chi connectivity index (χ1v) is 4.34. The van der Waals surface area contributed by atoms with E-state index in [4.69, 9.17) is 22.9 Å². The van der Waals surface area contributed by atoms with Gasteiger partial charge in [0.2, 0.25) is 0 Å². The summed E-state index contributed by atoms with van der Waals surface area (Å²) in [6.07, 6.45) is 3.49. The lowest BCUT2D eigenvalue weighted by atomic mass is 10.2.